The molecule has 8 heteroatoms. The SMILES string of the molecule is CCOCCOCCOCCOCCOCCOC(=O)OCC. The van der Waals surface area contributed by atoms with Gasteiger partial charge in [-0.05, 0) is 13.8 Å². The molecule has 0 spiro atoms. The van der Waals surface area contributed by atoms with Crippen molar-refractivity contribution in [1.82, 2.24) is 0 Å². The molecule has 0 heterocycles. The van der Waals surface area contributed by atoms with Crippen molar-refractivity contribution in [3.05, 3.63) is 0 Å². The van der Waals surface area contributed by atoms with Crippen LogP contribution in [0.15, 0.2) is 0 Å². The average Bonchev–Trinajstić information content (AvgIpc) is 2.54. The summed E-state index contributed by atoms with van der Waals surface area (Å²) >= 11 is 0. The maximum atomic E-state index is 10.8. The molecule has 0 N–H and O–H groups in total. The van der Waals surface area contributed by atoms with Crippen LogP contribution < -0.4 is 0 Å². The number of ether oxygens (including phenoxy) is 7. The zero-order valence-electron chi connectivity index (χ0n) is 14.3. The summed E-state index contributed by atoms with van der Waals surface area (Å²) in [6, 6.07) is 0. The quantitative estimate of drug-likeness (QED) is 0.290. The van der Waals surface area contributed by atoms with E-state index in [2.05, 4.69) is 4.74 Å². The largest absolute Gasteiger partial charge is 0.508 e. The minimum Gasteiger partial charge on any atom is -0.435 e. The van der Waals surface area contributed by atoms with E-state index in [1.807, 2.05) is 6.92 Å². The van der Waals surface area contributed by atoms with Crippen molar-refractivity contribution in [2.45, 2.75) is 13.8 Å². The molecule has 0 radical (unpaired) electrons. The molecule has 0 atom stereocenters. The first-order chi connectivity index (χ1) is 11.3. The first kappa shape index (κ1) is 22.1. The number of hydrogen-bond donors (Lipinski definition) is 0. The van der Waals surface area contributed by atoms with E-state index in [-0.39, 0.29) is 6.61 Å². The fourth-order valence-corrected chi connectivity index (χ4v) is 1.37. The van der Waals surface area contributed by atoms with Gasteiger partial charge in [-0.25, -0.2) is 4.79 Å². The third-order valence-electron chi connectivity index (χ3n) is 2.40. The number of carbonyl (C=O) groups is 1. The van der Waals surface area contributed by atoms with E-state index in [1.165, 1.54) is 0 Å². The molecular weight excluding hydrogens is 308 g/mol. The van der Waals surface area contributed by atoms with Crippen molar-refractivity contribution in [3.8, 4) is 0 Å². The zero-order valence-corrected chi connectivity index (χ0v) is 14.3. The highest BCUT2D eigenvalue weighted by atomic mass is 16.7. The lowest BCUT2D eigenvalue weighted by Crippen LogP contribution is -2.15. The lowest BCUT2D eigenvalue weighted by Gasteiger charge is -2.08. The number of carbonyl (C=O) groups excluding carboxylic acids is 1. The lowest BCUT2D eigenvalue weighted by molar-refractivity contribution is -0.0159. The lowest BCUT2D eigenvalue weighted by atomic mass is 10.7. The second-order valence-electron chi connectivity index (χ2n) is 4.18. The van der Waals surface area contributed by atoms with Crippen molar-refractivity contribution >= 4 is 6.16 Å². The van der Waals surface area contributed by atoms with Crippen LogP contribution in [0.1, 0.15) is 13.8 Å². The van der Waals surface area contributed by atoms with Gasteiger partial charge in [0.2, 0.25) is 0 Å². The molecular formula is C15H30O8. The maximum absolute atomic E-state index is 10.8. The Morgan fingerprint density at radius 1 is 0.522 bits per heavy atom. The first-order valence-corrected chi connectivity index (χ1v) is 7.99. The van der Waals surface area contributed by atoms with Crippen molar-refractivity contribution < 1.29 is 38.0 Å². The predicted octanol–water partition coefficient (Wildman–Crippen LogP) is 1.26. The van der Waals surface area contributed by atoms with Gasteiger partial charge in [0.1, 0.15) is 6.61 Å². The van der Waals surface area contributed by atoms with Gasteiger partial charge in [-0.2, -0.15) is 0 Å². The van der Waals surface area contributed by atoms with Crippen molar-refractivity contribution in [2.24, 2.45) is 0 Å². The van der Waals surface area contributed by atoms with Crippen molar-refractivity contribution in [1.29, 1.82) is 0 Å². The molecule has 8 nitrogen and oxygen atoms in total. The van der Waals surface area contributed by atoms with E-state index in [4.69, 9.17) is 28.4 Å². The summed E-state index contributed by atoms with van der Waals surface area (Å²) in [6.45, 7) is 9.38. The highest BCUT2D eigenvalue weighted by Gasteiger charge is 2.00. The summed E-state index contributed by atoms with van der Waals surface area (Å²) in [4.78, 5) is 10.8. The topological polar surface area (TPSA) is 81.7 Å². The molecule has 0 aromatic rings. The fourth-order valence-electron chi connectivity index (χ4n) is 1.37. The monoisotopic (exact) mass is 338 g/mol. The van der Waals surface area contributed by atoms with Crippen LogP contribution >= 0.6 is 0 Å². The smallest absolute Gasteiger partial charge is 0.435 e. The van der Waals surface area contributed by atoms with E-state index in [9.17, 15) is 4.79 Å². The minimum absolute atomic E-state index is 0.172. The summed E-state index contributed by atoms with van der Waals surface area (Å²) in [5.41, 5.74) is 0. The van der Waals surface area contributed by atoms with Crippen LogP contribution in [0.4, 0.5) is 4.79 Å². The average molecular weight is 338 g/mol. The molecule has 0 aliphatic heterocycles. The van der Waals surface area contributed by atoms with Crippen LogP contribution in [0.3, 0.4) is 0 Å². The van der Waals surface area contributed by atoms with E-state index in [0.29, 0.717) is 72.7 Å². The molecule has 0 saturated carbocycles. The number of hydrogen-bond acceptors (Lipinski definition) is 8. The maximum Gasteiger partial charge on any atom is 0.508 e. The van der Waals surface area contributed by atoms with Crippen LogP contribution in [0.5, 0.6) is 0 Å². The Bertz CT molecular complexity index is 250. The normalized spacial score (nSPS) is 10.7. The molecule has 0 aromatic heterocycles. The molecule has 0 aliphatic rings. The molecule has 0 saturated heterocycles. The highest BCUT2D eigenvalue weighted by Crippen LogP contribution is 1.87. The van der Waals surface area contributed by atoms with Gasteiger partial charge in [0.25, 0.3) is 0 Å². The second-order valence-corrected chi connectivity index (χ2v) is 4.18. The molecule has 0 bridgehead atoms. The molecule has 23 heavy (non-hydrogen) atoms. The van der Waals surface area contributed by atoms with Gasteiger partial charge in [0, 0.05) is 6.61 Å². The van der Waals surface area contributed by atoms with Crippen LogP contribution in [0.2, 0.25) is 0 Å². The Balaban J connectivity index is 3.01. The summed E-state index contributed by atoms with van der Waals surface area (Å²) < 4.78 is 35.6. The standard InChI is InChI=1S/C15H30O8/c1-3-17-5-6-18-7-8-19-9-10-20-11-12-21-13-14-23-15(16)22-4-2/h3-14H2,1-2H3. The van der Waals surface area contributed by atoms with Crippen LogP contribution in [-0.2, 0) is 33.2 Å². The molecule has 0 amide bonds. The van der Waals surface area contributed by atoms with Gasteiger partial charge in [-0.1, -0.05) is 0 Å². The summed E-state index contributed by atoms with van der Waals surface area (Å²) in [5, 5.41) is 0. The summed E-state index contributed by atoms with van der Waals surface area (Å²) in [5.74, 6) is 0. The van der Waals surface area contributed by atoms with Gasteiger partial charge in [0.05, 0.1) is 66.1 Å². The third kappa shape index (κ3) is 19.0. The van der Waals surface area contributed by atoms with E-state index < -0.39 is 6.16 Å². The molecule has 0 unspecified atom stereocenters. The molecule has 0 rings (SSSR count). The van der Waals surface area contributed by atoms with E-state index >= 15 is 0 Å². The van der Waals surface area contributed by atoms with Crippen molar-refractivity contribution in [3.63, 3.8) is 0 Å². The van der Waals surface area contributed by atoms with Crippen LogP contribution in [0, 0.1) is 0 Å². The molecule has 0 aliphatic carbocycles. The van der Waals surface area contributed by atoms with Crippen LogP contribution in [0.25, 0.3) is 0 Å². The number of rotatable bonds is 17. The first-order valence-electron chi connectivity index (χ1n) is 7.99. The van der Waals surface area contributed by atoms with Gasteiger partial charge in [0.15, 0.2) is 0 Å². The van der Waals surface area contributed by atoms with Crippen molar-refractivity contribution in [2.75, 3.05) is 79.3 Å². The Hall–Kier alpha value is -0.930. The Morgan fingerprint density at radius 2 is 0.913 bits per heavy atom. The zero-order chi connectivity index (χ0) is 17.0. The second kappa shape index (κ2) is 19.1. The van der Waals surface area contributed by atoms with Gasteiger partial charge in [-0.15, -0.1) is 0 Å². The van der Waals surface area contributed by atoms with Gasteiger partial charge >= 0.3 is 6.16 Å². The van der Waals surface area contributed by atoms with Crippen LogP contribution in [-0.4, -0.2) is 85.4 Å². The minimum atomic E-state index is -0.675. The van der Waals surface area contributed by atoms with E-state index in [1.54, 1.807) is 6.92 Å². The molecule has 0 aromatic carbocycles. The predicted molar refractivity (Wildman–Crippen MR) is 82.7 cm³/mol. The molecule has 0 fully saturated rings. The highest BCUT2D eigenvalue weighted by molar-refractivity contribution is 5.59. The van der Waals surface area contributed by atoms with Gasteiger partial charge < -0.3 is 33.2 Å². The Morgan fingerprint density at radius 3 is 1.30 bits per heavy atom. The third-order valence-corrected chi connectivity index (χ3v) is 2.40. The van der Waals surface area contributed by atoms with E-state index in [0.717, 1.165) is 0 Å². The summed E-state index contributed by atoms with van der Waals surface area (Å²) in [6.07, 6.45) is -0.675. The van der Waals surface area contributed by atoms with Gasteiger partial charge in [-0.3, -0.25) is 0 Å². The molecule has 138 valence electrons. The Kier molecular flexibility index (Phi) is 18.3. The fraction of sp³-hybridized carbons (Fsp3) is 0.933. The summed E-state index contributed by atoms with van der Waals surface area (Å²) in [7, 11) is 0. The Labute approximate surface area is 138 Å².